The van der Waals surface area contributed by atoms with Crippen LogP contribution in [-0.2, 0) is 0 Å². The Bertz CT molecular complexity index is 758. The van der Waals surface area contributed by atoms with Crippen LogP contribution in [0.4, 0.5) is 0 Å². The average Bonchev–Trinajstić information content (AvgIpc) is 2.82. The molecule has 2 aromatic rings. The van der Waals surface area contributed by atoms with Crippen molar-refractivity contribution in [1.82, 2.24) is 0 Å². The van der Waals surface area contributed by atoms with Gasteiger partial charge < -0.3 is 9.47 Å². The molecule has 22 heavy (non-hydrogen) atoms. The van der Waals surface area contributed by atoms with Crippen LogP contribution >= 0.6 is 0 Å². The van der Waals surface area contributed by atoms with Gasteiger partial charge in [0.25, 0.3) is 0 Å². The highest BCUT2D eigenvalue weighted by atomic mass is 16.5. The highest BCUT2D eigenvalue weighted by molar-refractivity contribution is 6.14. The number of carbonyl (C=O) groups is 1. The van der Waals surface area contributed by atoms with Crippen molar-refractivity contribution in [2.45, 2.75) is 6.92 Å². The molecule has 0 spiro atoms. The molecular formula is C19H16O3. The maximum atomic E-state index is 12.3. The Morgan fingerprint density at radius 3 is 2.73 bits per heavy atom. The van der Waals surface area contributed by atoms with Gasteiger partial charge in [-0.2, -0.15) is 0 Å². The molecule has 1 heterocycles. The van der Waals surface area contributed by atoms with Gasteiger partial charge in [0.1, 0.15) is 18.1 Å². The Labute approximate surface area is 129 Å². The van der Waals surface area contributed by atoms with E-state index in [0.29, 0.717) is 29.4 Å². The molecular weight excluding hydrogens is 276 g/mol. The number of hydrogen-bond donors (Lipinski definition) is 0. The molecule has 3 nitrogen and oxygen atoms in total. The number of ether oxygens (including phenoxy) is 2. The zero-order valence-electron chi connectivity index (χ0n) is 12.3. The van der Waals surface area contributed by atoms with Gasteiger partial charge in [-0.3, -0.25) is 4.79 Å². The molecule has 110 valence electrons. The summed E-state index contributed by atoms with van der Waals surface area (Å²) >= 11 is 0. The van der Waals surface area contributed by atoms with Crippen LogP contribution in [0, 0.1) is 0 Å². The van der Waals surface area contributed by atoms with Gasteiger partial charge in [0, 0.05) is 6.07 Å². The summed E-state index contributed by atoms with van der Waals surface area (Å²) in [6.45, 7) is 6.13. The normalized spacial score (nSPS) is 14.6. The van der Waals surface area contributed by atoms with Gasteiger partial charge >= 0.3 is 0 Å². The second-order valence-electron chi connectivity index (χ2n) is 5.25. The third-order valence-electron chi connectivity index (χ3n) is 3.22. The number of carbonyl (C=O) groups excluding carboxylic acids is 1. The lowest BCUT2D eigenvalue weighted by Gasteiger charge is -2.06. The zero-order chi connectivity index (χ0) is 15.5. The van der Waals surface area contributed by atoms with Crippen molar-refractivity contribution >= 4 is 11.9 Å². The first-order chi connectivity index (χ1) is 10.6. The van der Waals surface area contributed by atoms with Gasteiger partial charge in [-0.05, 0) is 36.3 Å². The lowest BCUT2D eigenvalue weighted by atomic mass is 10.1. The molecule has 0 fully saturated rings. The minimum Gasteiger partial charge on any atom is -0.489 e. The molecule has 3 rings (SSSR count). The lowest BCUT2D eigenvalue weighted by molar-refractivity contribution is 0.101. The number of ketones is 1. The molecule has 0 saturated carbocycles. The third kappa shape index (κ3) is 2.93. The van der Waals surface area contributed by atoms with Crippen LogP contribution < -0.4 is 9.47 Å². The van der Waals surface area contributed by atoms with Crippen LogP contribution in [0.25, 0.3) is 6.08 Å². The van der Waals surface area contributed by atoms with Gasteiger partial charge in [-0.25, -0.2) is 0 Å². The molecule has 2 aromatic carbocycles. The maximum Gasteiger partial charge on any atom is 0.231 e. The molecule has 0 amide bonds. The van der Waals surface area contributed by atoms with Crippen LogP contribution in [-0.4, -0.2) is 12.4 Å². The summed E-state index contributed by atoms with van der Waals surface area (Å²) in [6.07, 6.45) is 1.75. The monoisotopic (exact) mass is 292 g/mol. The van der Waals surface area contributed by atoms with E-state index in [9.17, 15) is 4.79 Å². The van der Waals surface area contributed by atoms with E-state index in [1.54, 1.807) is 24.3 Å². The molecule has 0 saturated heterocycles. The second-order valence-corrected chi connectivity index (χ2v) is 5.25. The molecule has 0 N–H and O–H groups in total. The maximum absolute atomic E-state index is 12.3. The number of Topliss-reactive ketones (excluding diaryl/α,β-unsaturated/α-hetero) is 1. The Morgan fingerprint density at radius 2 is 2.00 bits per heavy atom. The first kappa shape index (κ1) is 14.1. The van der Waals surface area contributed by atoms with Crippen LogP contribution in [0.3, 0.4) is 0 Å². The van der Waals surface area contributed by atoms with Crippen LogP contribution in [0.15, 0.2) is 66.4 Å². The molecule has 0 aliphatic carbocycles. The average molecular weight is 292 g/mol. The Kier molecular flexibility index (Phi) is 3.79. The smallest absolute Gasteiger partial charge is 0.231 e. The molecule has 1 aliphatic heterocycles. The van der Waals surface area contributed by atoms with Gasteiger partial charge in [0.15, 0.2) is 5.76 Å². The van der Waals surface area contributed by atoms with Crippen molar-refractivity contribution < 1.29 is 14.3 Å². The Balaban J connectivity index is 1.84. The Hall–Kier alpha value is -2.81. The summed E-state index contributed by atoms with van der Waals surface area (Å²) < 4.78 is 11.3. The fourth-order valence-corrected chi connectivity index (χ4v) is 2.16. The predicted molar refractivity (Wildman–Crippen MR) is 86.1 cm³/mol. The highest BCUT2D eigenvalue weighted by Crippen LogP contribution is 2.34. The SMILES string of the molecule is C=C(C)COc1ccc2c(c1)OC(=Cc1ccccc1)C2=O. The molecule has 0 radical (unpaired) electrons. The van der Waals surface area contributed by atoms with Gasteiger partial charge in [0.2, 0.25) is 5.78 Å². The van der Waals surface area contributed by atoms with Crippen molar-refractivity contribution in [3.63, 3.8) is 0 Å². The molecule has 0 aromatic heterocycles. The summed E-state index contributed by atoms with van der Waals surface area (Å²) in [5, 5.41) is 0. The fraction of sp³-hybridized carbons (Fsp3) is 0.105. The standard InChI is InChI=1S/C19H16O3/c1-13(2)12-21-15-8-9-16-17(11-15)22-18(19(16)20)10-14-6-4-3-5-7-14/h3-11H,1,12H2,2H3. The summed E-state index contributed by atoms with van der Waals surface area (Å²) in [4.78, 5) is 12.3. The van der Waals surface area contributed by atoms with E-state index < -0.39 is 0 Å². The van der Waals surface area contributed by atoms with Crippen molar-refractivity contribution in [1.29, 1.82) is 0 Å². The van der Waals surface area contributed by atoms with E-state index in [1.807, 2.05) is 37.3 Å². The highest BCUT2D eigenvalue weighted by Gasteiger charge is 2.27. The number of rotatable bonds is 4. The van der Waals surface area contributed by atoms with Crippen LogP contribution in [0.2, 0.25) is 0 Å². The van der Waals surface area contributed by atoms with Crippen LogP contribution in [0.5, 0.6) is 11.5 Å². The summed E-state index contributed by atoms with van der Waals surface area (Å²) in [6, 6.07) is 14.9. The minimum absolute atomic E-state index is 0.106. The van der Waals surface area contributed by atoms with E-state index in [2.05, 4.69) is 6.58 Å². The summed E-state index contributed by atoms with van der Waals surface area (Å²) in [5.74, 6) is 1.42. The zero-order valence-corrected chi connectivity index (χ0v) is 12.3. The van der Waals surface area contributed by atoms with E-state index in [0.717, 1.165) is 11.1 Å². The minimum atomic E-state index is -0.106. The first-order valence-corrected chi connectivity index (χ1v) is 7.04. The summed E-state index contributed by atoms with van der Waals surface area (Å²) in [5.41, 5.74) is 2.42. The second kappa shape index (κ2) is 5.90. The lowest BCUT2D eigenvalue weighted by Crippen LogP contribution is -1.98. The van der Waals surface area contributed by atoms with Gasteiger partial charge in [-0.15, -0.1) is 0 Å². The number of hydrogen-bond acceptors (Lipinski definition) is 3. The fourth-order valence-electron chi connectivity index (χ4n) is 2.16. The van der Waals surface area contributed by atoms with Crippen molar-refractivity contribution in [2.75, 3.05) is 6.61 Å². The van der Waals surface area contributed by atoms with E-state index >= 15 is 0 Å². The third-order valence-corrected chi connectivity index (χ3v) is 3.22. The number of allylic oxidation sites excluding steroid dienone is 1. The molecule has 1 aliphatic rings. The largest absolute Gasteiger partial charge is 0.489 e. The number of benzene rings is 2. The van der Waals surface area contributed by atoms with E-state index in [1.165, 1.54) is 0 Å². The topological polar surface area (TPSA) is 35.5 Å². The predicted octanol–water partition coefficient (Wildman–Crippen LogP) is 4.26. The molecule has 0 atom stereocenters. The molecule has 0 unspecified atom stereocenters. The van der Waals surface area contributed by atoms with E-state index in [4.69, 9.17) is 9.47 Å². The molecule has 0 bridgehead atoms. The van der Waals surface area contributed by atoms with Gasteiger partial charge in [-0.1, -0.05) is 36.9 Å². The quantitative estimate of drug-likeness (QED) is 0.624. The summed E-state index contributed by atoms with van der Waals surface area (Å²) in [7, 11) is 0. The molecule has 3 heteroatoms. The van der Waals surface area contributed by atoms with Gasteiger partial charge in [0.05, 0.1) is 5.56 Å². The van der Waals surface area contributed by atoms with Crippen molar-refractivity contribution in [2.24, 2.45) is 0 Å². The first-order valence-electron chi connectivity index (χ1n) is 7.04. The van der Waals surface area contributed by atoms with Crippen molar-refractivity contribution in [3.8, 4) is 11.5 Å². The van der Waals surface area contributed by atoms with E-state index in [-0.39, 0.29) is 5.78 Å². The van der Waals surface area contributed by atoms with Crippen LogP contribution in [0.1, 0.15) is 22.8 Å². The van der Waals surface area contributed by atoms with Crippen molar-refractivity contribution in [3.05, 3.63) is 77.6 Å². The number of fused-ring (bicyclic) bond motifs is 1. The Morgan fingerprint density at radius 1 is 1.23 bits per heavy atom.